The van der Waals surface area contributed by atoms with Crippen molar-refractivity contribution < 1.29 is 0 Å². The topological polar surface area (TPSA) is 0 Å². The van der Waals surface area contributed by atoms with E-state index in [9.17, 15) is 0 Å². The summed E-state index contributed by atoms with van der Waals surface area (Å²) in [6, 6.07) is 15.6. The molecule has 0 N–H and O–H groups in total. The molecular formula is C20H20. The van der Waals surface area contributed by atoms with E-state index in [0.717, 1.165) is 6.42 Å². The molecule has 0 amide bonds. The number of rotatable bonds is 2. The second-order valence-corrected chi connectivity index (χ2v) is 6.07. The van der Waals surface area contributed by atoms with Gasteiger partial charge in [-0.2, -0.15) is 0 Å². The molecule has 0 radical (unpaired) electrons. The van der Waals surface area contributed by atoms with Crippen molar-refractivity contribution in [1.82, 2.24) is 0 Å². The minimum Gasteiger partial charge on any atom is -0.0760 e. The molecule has 4 rings (SSSR count). The number of benzene rings is 2. The lowest BCUT2D eigenvalue weighted by molar-refractivity contribution is 0.671. The van der Waals surface area contributed by atoms with Gasteiger partial charge in [-0.05, 0) is 59.9 Å². The summed E-state index contributed by atoms with van der Waals surface area (Å²) in [7, 11) is 0. The highest BCUT2D eigenvalue weighted by atomic mass is 14.3. The van der Waals surface area contributed by atoms with E-state index in [1.807, 2.05) is 0 Å². The quantitative estimate of drug-likeness (QED) is 0.719. The van der Waals surface area contributed by atoms with Crippen molar-refractivity contribution in [3.05, 3.63) is 76.4 Å². The SMILES string of the molecule is C1=CC(Cc2ccccc2)c2c1ccc1c2CCCC1. The van der Waals surface area contributed by atoms with Crippen LogP contribution in [0.3, 0.4) is 0 Å². The molecule has 0 nitrogen and oxygen atoms in total. The molecule has 0 saturated heterocycles. The van der Waals surface area contributed by atoms with Crippen LogP contribution in [0.1, 0.15) is 46.6 Å². The minimum atomic E-state index is 0.584. The summed E-state index contributed by atoms with van der Waals surface area (Å²) in [5.41, 5.74) is 7.82. The Hall–Kier alpha value is -1.82. The average Bonchev–Trinajstić information content (AvgIpc) is 2.92. The van der Waals surface area contributed by atoms with Crippen molar-refractivity contribution in [3.8, 4) is 0 Å². The smallest absolute Gasteiger partial charge is 0.00704 e. The standard InChI is InChI=1S/C20H20/c1-2-6-15(7-3-1)14-18-13-12-17-11-10-16-8-4-5-9-19(16)20(17)18/h1-3,6-7,10-13,18H,4-5,8-9,14H2. The van der Waals surface area contributed by atoms with Crippen molar-refractivity contribution in [2.45, 2.75) is 38.0 Å². The Morgan fingerprint density at radius 1 is 0.900 bits per heavy atom. The summed E-state index contributed by atoms with van der Waals surface area (Å²) in [4.78, 5) is 0. The highest BCUT2D eigenvalue weighted by Gasteiger charge is 2.24. The first-order chi connectivity index (χ1) is 9.92. The van der Waals surface area contributed by atoms with Crippen LogP contribution in [0.15, 0.2) is 48.5 Å². The van der Waals surface area contributed by atoms with E-state index < -0.39 is 0 Å². The Morgan fingerprint density at radius 2 is 1.75 bits per heavy atom. The van der Waals surface area contributed by atoms with Gasteiger partial charge in [-0.15, -0.1) is 0 Å². The zero-order valence-electron chi connectivity index (χ0n) is 11.8. The molecule has 0 heteroatoms. The Morgan fingerprint density at radius 3 is 2.65 bits per heavy atom. The third kappa shape index (κ3) is 2.00. The molecule has 100 valence electrons. The number of hydrogen-bond acceptors (Lipinski definition) is 0. The van der Waals surface area contributed by atoms with Crippen LogP contribution >= 0.6 is 0 Å². The zero-order valence-corrected chi connectivity index (χ0v) is 11.8. The predicted molar refractivity (Wildman–Crippen MR) is 85.0 cm³/mol. The first kappa shape index (κ1) is 12.0. The third-order valence-electron chi connectivity index (χ3n) is 4.79. The van der Waals surface area contributed by atoms with Crippen LogP contribution in [0.4, 0.5) is 0 Å². The molecule has 0 heterocycles. The third-order valence-corrected chi connectivity index (χ3v) is 4.79. The summed E-state index contributed by atoms with van der Waals surface area (Å²) >= 11 is 0. The second kappa shape index (κ2) is 4.94. The first-order valence-corrected chi connectivity index (χ1v) is 7.78. The Balaban J connectivity index is 1.72. The number of hydrogen-bond donors (Lipinski definition) is 0. The molecular weight excluding hydrogens is 240 g/mol. The fraction of sp³-hybridized carbons (Fsp3) is 0.300. The van der Waals surface area contributed by atoms with Gasteiger partial charge in [-0.3, -0.25) is 0 Å². The Bertz CT molecular complexity index is 649. The van der Waals surface area contributed by atoms with Gasteiger partial charge in [-0.1, -0.05) is 54.6 Å². The highest BCUT2D eigenvalue weighted by molar-refractivity contribution is 5.66. The van der Waals surface area contributed by atoms with Gasteiger partial charge >= 0.3 is 0 Å². The normalized spacial score (nSPS) is 19.7. The number of allylic oxidation sites excluding steroid dienone is 1. The van der Waals surface area contributed by atoms with Gasteiger partial charge in [0.05, 0.1) is 0 Å². The van der Waals surface area contributed by atoms with Gasteiger partial charge in [0.2, 0.25) is 0 Å². The Kier molecular flexibility index (Phi) is 2.95. The van der Waals surface area contributed by atoms with Gasteiger partial charge < -0.3 is 0 Å². The maximum Gasteiger partial charge on any atom is 0.00704 e. The van der Waals surface area contributed by atoms with Crippen LogP contribution in [0.5, 0.6) is 0 Å². The van der Waals surface area contributed by atoms with E-state index in [1.54, 1.807) is 16.7 Å². The maximum atomic E-state index is 2.41. The summed E-state index contributed by atoms with van der Waals surface area (Å²) < 4.78 is 0. The van der Waals surface area contributed by atoms with Crippen molar-refractivity contribution in [2.24, 2.45) is 0 Å². The van der Waals surface area contributed by atoms with E-state index in [-0.39, 0.29) is 0 Å². The summed E-state index contributed by atoms with van der Waals surface area (Å²) in [6.07, 6.45) is 11.2. The highest BCUT2D eigenvalue weighted by Crippen LogP contribution is 2.39. The predicted octanol–water partition coefficient (Wildman–Crippen LogP) is 4.92. The lowest BCUT2D eigenvalue weighted by Crippen LogP contribution is -2.10. The molecule has 2 aliphatic rings. The molecule has 0 saturated carbocycles. The Labute approximate surface area is 121 Å². The molecule has 2 aromatic carbocycles. The largest absolute Gasteiger partial charge is 0.0760 e. The summed E-state index contributed by atoms with van der Waals surface area (Å²) in [6.45, 7) is 0. The van der Waals surface area contributed by atoms with Crippen LogP contribution in [-0.4, -0.2) is 0 Å². The van der Waals surface area contributed by atoms with Crippen LogP contribution in [0, 0.1) is 0 Å². The lowest BCUT2D eigenvalue weighted by Gasteiger charge is -2.23. The monoisotopic (exact) mass is 260 g/mol. The van der Waals surface area contributed by atoms with Crippen LogP contribution < -0.4 is 0 Å². The summed E-state index contributed by atoms with van der Waals surface area (Å²) in [5.74, 6) is 0.584. The average molecular weight is 260 g/mol. The van der Waals surface area contributed by atoms with Gasteiger partial charge in [-0.25, -0.2) is 0 Å². The van der Waals surface area contributed by atoms with E-state index in [4.69, 9.17) is 0 Å². The van der Waals surface area contributed by atoms with Crippen molar-refractivity contribution in [1.29, 1.82) is 0 Å². The fourth-order valence-corrected chi connectivity index (χ4v) is 3.81. The number of aryl methyl sites for hydroxylation is 1. The second-order valence-electron chi connectivity index (χ2n) is 6.07. The molecule has 0 fully saturated rings. The van der Waals surface area contributed by atoms with E-state index in [2.05, 4.69) is 54.6 Å². The van der Waals surface area contributed by atoms with Gasteiger partial charge in [0.25, 0.3) is 0 Å². The maximum absolute atomic E-state index is 2.41. The minimum absolute atomic E-state index is 0.584. The fourth-order valence-electron chi connectivity index (χ4n) is 3.81. The van der Waals surface area contributed by atoms with Gasteiger partial charge in [0.1, 0.15) is 0 Å². The first-order valence-electron chi connectivity index (χ1n) is 7.78. The van der Waals surface area contributed by atoms with Gasteiger partial charge in [0, 0.05) is 5.92 Å². The zero-order chi connectivity index (χ0) is 13.4. The van der Waals surface area contributed by atoms with Crippen LogP contribution in [-0.2, 0) is 19.3 Å². The van der Waals surface area contributed by atoms with E-state index in [0.29, 0.717) is 5.92 Å². The molecule has 2 aliphatic carbocycles. The number of fused-ring (bicyclic) bond motifs is 3. The van der Waals surface area contributed by atoms with Gasteiger partial charge in [0.15, 0.2) is 0 Å². The van der Waals surface area contributed by atoms with Crippen LogP contribution in [0.25, 0.3) is 6.08 Å². The molecule has 0 aliphatic heterocycles. The van der Waals surface area contributed by atoms with Crippen molar-refractivity contribution in [3.63, 3.8) is 0 Å². The van der Waals surface area contributed by atoms with Crippen molar-refractivity contribution >= 4 is 6.08 Å². The molecule has 1 atom stereocenters. The van der Waals surface area contributed by atoms with E-state index in [1.165, 1.54) is 36.8 Å². The molecule has 0 spiro atoms. The molecule has 0 aromatic heterocycles. The molecule has 0 bridgehead atoms. The van der Waals surface area contributed by atoms with Crippen LogP contribution in [0.2, 0.25) is 0 Å². The molecule has 2 aromatic rings. The lowest BCUT2D eigenvalue weighted by atomic mass is 9.82. The summed E-state index contributed by atoms with van der Waals surface area (Å²) in [5, 5.41) is 0. The molecule has 1 unspecified atom stereocenters. The molecule has 20 heavy (non-hydrogen) atoms. The van der Waals surface area contributed by atoms with E-state index >= 15 is 0 Å². The van der Waals surface area contributed by atoms with Crippen molar-refractivity contribution in [2.75, 3.05) is 0 Å².